The highest BCUT2D eigenvalue weighted by Crippen LogP contribution is 2.26. The van der Waals surface area contributed by atoms with Gasteiger partial charge in [-0.25, -0.2) is 0 Å². The molecule has 0 bridgehead atoms. The number of aliphatic hydroxyl groups is 4. The minimum Gasteiger partial charge on any atom is -0.387 e. The summed E-state index contributed by atoms with van der Waals surface area (Å²) < 4.78 is 10.6. The van der Waals surface area contributed by atoms with Gasteiger partial charge in [-0.2, -0.15) is 0 Å². The summed E-state index contributed by atoms with van der Waals surface area (Å²) >= 11 is 0. The zero-order valence-corrected chi connectivity index (χ0v) is 10.1. The summed E-state index contributed by atoms with van der Waals surface area (Å²) in [5.74, 6) is 0. The molecule has 0 radical (unpaired) electrons. The zero-order chi connectivity index (χ0) is 13.7. The van der Waals surface area contributed by atoms with E-state index in [4.69, 9.17) is 9.47 Å². The third kappa shape index (κ3) is 3.17. The summed E-state index contributed by atoms with van der Waals surface area (Å²) in [6.07, 6.45) is -4.62. The van der Waals surface area contributed by atoms with Gasteiger partial charge in [0.25, 0.3) is 0 Å². The first-order valence-electron chi connectivity index (χ1n) is 5.71. The van der Waals surface area contributed by atoms with Crippen LogP contribution in [-0.4, -0.2) is 70.3 Å². The van der Waals surface area contributed by atoms with E-state index in [9.17, 15) is 20.4 Å². The molecule has 18 heavy (non-hydrogen) atoms. The Bertz CT molecular complexity index is 254. The molecular formula is C12H20O6. The lowest BCUT2D eigenvalue weighted by molar-refractivity contribution is -0.242. The largest absolute Gasteiger partial charge is 0.387 e. The van der Waals surface area contributed by atoms with Crippen molar-refractivity contribution < 1.29 is 29.9 Å². The fraction of sp³-hybridized carbons (Fsp3) is 0.667. The van der Waals surface area contributed by atoms with E-state index in [-0.39, 0.29) is 13.2 Å². The lowest BCUT2D eigenvalue weighted by Gasteiger charge is -2.43. The molecule has 0 aromatic heterocycles. The van der Waals surface area contributed by atoms with Gasteiger partial charge in [0, 0.05) is 0 Å². The van der Waals surface area contributed by atoms with E-state index < -0.39 is 36.6 Å². The van der Waals surface area contributed by atoms with E-state index in [1.807, 2.05) is 0 Å². The van der Waals surface area contributed by atoms with Gasteiger partial charge in [-0.15, -0.1) is 13.2 Å². The van der Waals surface area contributed by atoms with Crippen molar-refractivity contribution in [3.05, 3.63) is 25.3 Å². The maximum Gasteiger partial charge on any atom is 0.115 e. The summed E-state index contributed by atoms with van der Waals surface area (Å²) in [4.78, 5) is 0. The van der Waals surface area contributed by atoms with Crippen molar-refractivity contribution in [3.63, 3.8) is 0 Å². The highest BCUT2D eigenvalue weighted by molar-refractivity contribution is 5.00. The van der Waals surface area contributed by atoms with Crippen molar-refractivity contribution in [2.45, 2.75) is 36.6 Å². The van der Waals surface area contributed by atoms with Crippen LogP contribution in [0.3, 0.4) is 0 Å². The molecule has 0 aromatic rings. The fourth-order valence-electron chi connectivity index (χ4n) is 1.93. The van der Waals surface area contributed by atoms with Crippen LogP contribution in [0.15, 0.2) is 25.3 Å². The first-order chi connectivity index (χ1) is 8.54. The molecule has 6 heteroatoms. The number of hydrogen-bond acceptors (Lipinski definition) is 6. The average molecular weight is 260 g/mol. The van der Waals surface area contributed by atoms with Crippen LogP contribution in [0.25, 0.3) is 0 Å². The van der Waals surface area contributed by atoms with Crippen molar-refractivity contribution in [1.82, 2.24) is 0 Å². The van der Waals surface area contributed by atoms with Crippen LogP contribution < -0.4 is 0 Å². The first-order valence-corrected chi connectivity index (χ1v) is 5.71. The Morgan fingerprint density at radius 1 is 0.722 bits per heavy atom. The Morgan fingerprint density at radius 3 is 1.33 bits per heavy atom. The lowest BCUT2D eigenvalue weighted by Crippen LogP contribution is -2.65. The highest BCUT2D eigenvalue weighted by Gasteiger charge is 2.50. The third-order valence-corrected chi connectivity index (χ3v) is 2.86. The third-order valence-electron chi connectivity index (χ3n) is 2.86. The molecule has 1 aliphatic rings. The quantitative estimate of drug-likeness (QED) is 0.438. The molecule has 0 unspecified atom stereocenters. The SMILES string of the molecule is C=CCO[C@H]1[C@@H](O)[C@H](O)[C@@H](O)[C@H](O)[C@@H]1OCC=C. The molecule has 1 saturated carbocycles. The minimum atomic E-state index is -1.49. The Balaban J connectivity index is 2.82. The van der Waals surface area contributed by atoms with E-state index in [0.717, 1.165) is 0 Å². The molecule has 1 fully saturated rings. The Labute approximate surface area is 106 Å². The number of rotatable bonds is 6. The van der Waals surface area contributed by atoms with Crippen molar-refractivity contribution >= 4 is 0 Å². The van der Waals surface area contributed by atoms with Crippen molar-refractivity contribution in [2.24, 2.45) is 0 Å². The second kappa shape index (κ2) is 6.98. The van der Waals surface area contributed by atoms with E-state index >= 15 is 0 Å². The van der Waals surface area contributed by atoms with E-state index in [1.54, 1.807) is 0 Å². The summed E-state index contributed by atoms with van der Waals surface area (Å²) in [5, 5.41) is 38.8. The smallest absolute Gasteiger partial charge is 0.115 e. The molecule has 0 amide bonds. The number of aliphatic hydroxyl groups excluding tert-OH is 4. The van der Waals surface area contributed by atoms with Gasteiger partial charge in [-0.05, 0) is 0 Å². The van der Waals surface area contributed by atoms with Crippen molar-refractivity contribution in [3.8, 4) is 0 Å². The van der Waals surface area contributed by atoms with Crippen LogP contribution in [0.5, 0.6) is 0 Å². The van der Waals surface area contributed by atoms with E-state index in [1.165, 1.54) is 12.2 Å². The zero-order valence-electron chi connectivity index (χ0n) is 10.1. The standard InChI is InChI=1S/C12H20O6/c1-3-5-17-11-9(15)7(13)8(14)10(16)12(11)18-6-4-2/h3-4,7-16H,1-2,5-6H2/t7-,8-,9+,10+,11+,12+/m1/s1. The monoisotopic (exact) mass is 260 g/mol. The van der Waals surface area contributed by atoms with Crippen molar-refractivity contribution in [2.75, 3.05) is 13.2 Å². The number of ether oxygens (including phenoxy) is 2. The topological polar surface area (TPSA) is 99.4 Å². The van der Waals surface area contributed by atoms with Gasteiger partial charge in [-0.1, -0.05) is 12.2 Å². The Kier molecular flexibility index (Phi) is 5.94. The number of hydrogen-bond donors (Lipinski definition) is 4. The van der Waals surface area contributed by atoms with Gasteiger partial charge < -0.3 is 29.9 Å². The molecule has 6 nitrogen and oxygen atoms in total. The van der Waals surface area contributed by atoms with Gasteiger partial charge in [0.2, 0.25) is 0 Å². The maximum atomic E-state index is 9.84. The van der Waals surface area contributed by atoms with Crippen LogP contribution in [0.4, 0.5) is 0 Å². The summed E-state index contributed by atoms with van der Waals surface area (Å²) in [7, 11) is 0. The summed E-state index contributed by atoms with van der Waals surface area (Å²) in [5.41, 5.74) is 0. The Hall–Kier alpha value is -0.760. The maximum absolute atomic E-state index is 9.84. The predicted octanol–water partition coefficient (Wildman–Crippen LogP) is -1.41. The van der Waals surface area contributed by atoms with E-state index in [0.29, 0.717) is 0 Å². The fourth-order valence-corrected chi connectivity index (χ4v) is 1.93. The minimum absolute atomic E-state index is 0.130. The summed E-state index contributed by atoms with van der Waals surface area (Å²) in [6, 6.07) is 0. The van der Waals surface area contributed by atoms with Crippen LogP contribution in [0.1, 0.15) is 0 Å². The molecule has 1 rings (SSSR count). The molecule has 0 heterocycles. The van der Waals surface area contributed by atoms with Crippen molar-refractivity contribution in [1.29, 1.82) is 0 Å². The highest BCUT2D eigenvalue weighted by atomic mass is 16.6. The molecular weight excluding hydrogens is 240 g/mol. The Morgan fingerprint density at radius 2 is 1.06 bits per heavy atom. The molecule has 0 aliphatic heterocycles. The van der Waals surface area contributed by atoms with Crippen LogP contribution in [0, 0.1) is 0 Å². The molecule has 104 valence electrons. The molecule has 6 atom stereocenters. The summed E-state index contributed by atoms with van der Waals surface area (Å²) in [6.45, 7) is 7.20. The van der Waals surface area contributed by atoms with Gasteiger partial charge in [0.1, 0.15) is 36.6 Å². The molecule has 0 saturated heterocycles. The first kappa shape index (κ1) is 15.3. The second-order valence-corrected chi connectivity index (χ2v) is 4.14. The van der Waals surface area contributed by atoms with E-state index in [2.05, 4.69) is 13.2 Å². The van der Waals surface area contributed by atoms with Gasteiger partial charge in [0.05, 0.1) is 13.2 Å². The predicted molar refractivity (Wildman–Crippen MR) is 63.9 cm³/mol. The molecule has 1 aliphatic carbocycles. The van der Waals surface area contributed by atoms with Gasteiger partial charge in [0.15, 0.2) is 0 Å². The molecule has 0 aromatic carbocycles. The van der Waals surface area contributed by atoms with Gasteiger partial charge in [-0.3, -0.25) is 0 Å². The van der Waals surface area contributed by atoms with Crippen LogP contribution >= 0.6 is 0 Å². The molecule has 0 spiro atoms. The van der Waals surface area contributed by atoms with Crippen LogP contribution in [-0.2, 0) is 9.47 Å². The second-order valence-electron chi connectivity index (χ2n) is 4.14. The average Bonchev–Trinajstić information content (AvgIpc) is 2.38. The normalized spacial score (nSPS) is 40.4. The van der Waals surface area contributed by atoms with Gasteiger partial charge >= 0.3 is 0 Å². The van der Waals surface area contributed by atoms with Crippen LogP contribution in [0.2, 0.25) is 0 Å². The molecule has 4 N–H and O–H groups in total. The lowest BCUT2D eigenvalue weighted by atomic mass is 9.84.